The SMILES string of the molecule is COc1ccc(C2C(CCC(O)c3ccccc3)C(=O)N2c2ccc(CNCCC3(C)C=N3)cc2)cc1. The number of amides is 1. The minimum Gasteiger partial charge on any atom is -0.497 e. The summed E-state index contributed by atoms with van der Waals surface area (Å²) < 4.78 is 5.34. The number of rotatable bonds is 12. The smallest absolute Gasteiger partial charge is 0.233 e. The van der Waals surface area contributed by atoms with Crippen molar-refractivity contribution in [1.29, 1.82) is 0 Å². The molecule has 192 valence electrons. The van der Waals surface area contributed by atoms with Gasteiger partial charge in [-0.25, -0.2) is 0 Å². The standard InChI is InChI=1S/C31H35N3O3/c1-31(21-33-31)18-19-32-20-22-8-12-25(13-9-22)34-29(24-10-14-26(37-2)15-11-24)27(30(34)36)16-17-28(35)23-6-4-3-5-7-23/h3-15,21,27-29,32,35H,16-20H2,1-2H3. The van der Waals surface area contributed by atoms with Crippen molar-refractivity contribution in [3.8, 4) is 5.75 Å². The van der Waals surface area contributed by atoms with Crippen LogP contribution in [0.3, 0.4) is 0 Å². The number of carbonyl (C=O) groups excluding carboxylic acids is 1. The summed E-state index contributed by atoms with van der Waals surface area (Å²) in [5, 5.41) is 14.2. The number of β-lactam (4-membered cyclic amide) rings is 1. The first-order chi connectivity index (χ1) is 18.0. The first kappa shape index (κ1) is 25.2. The van der Waals surface area contributed by atoms with Crippen molar-refractivity contribution in [2.24, 2.45) is 10.9 Å². The lowest BCUT2D eigenvalue weighted by atomic mass is 9.78. The number of anilines is 1. The van der Waals surface area contributed by atoms with Crippen molar-refractivity contribution in [2.75, 3.05) is 18.6 Å². The Morgan fingerprint density at radius 2 is 1.76 bits per heavy atom. The molecular weight excluding hydrogens is 462 g/mol. The third kappa shape index (κ3) is 5.76. The van der Waals surface area contributed by atoms with Crippen molar-refractivity contribution in [1.82, 2.24) is 5.32 Å². The fourth-order valence-electron chi connectivity index (χ4n) is 5.07. The highest BCUT2D eigenvalue weighted by molar-refractivity contribution is 6.03. The summed E-state index contributed by atoms with van der Waals surface area (Å²) in [5.74, 6) is 0.708. The molecular formula is C31H35N3O3. The molecule has 1 fully saturated rings. The first-order valence-electron chi connectivity index (χ1n) is 13.0. The topological polar surface area (TPSA) is 74.2 Å². The Morgan fingerprint density at radius 3 is 2.41 bits per heavy atom. The molecule has 0 bridgehead atoms. The van der Waals surface area contributed by atoms with Crippen molar-refractivity contribution in [3.05, 3.63) is 95.6 Å². The summed E-state index contributed by atoms with van der Waals surface area (Å²) in [6, 6.07) is 25.8. The van der Waals surface area contributed by atoms with E-state index in [9.17, 15) is 9.90 Å². The molecule has 2 aliphatic rings. The Hall–Kier alpha value is -3.48. The van der Waals surface area contributed by atoms with Crippen LogP contribution in [0.2, 0.25) is 0 Å². The van der Waals surface area contributed by atoms with E-state index in [0.717, 1.165) is 42.1 Å². The van der Waals surface area contributed by atoms with Crippen LogP contribution in [-0.2, 0) is 11.3 Å². The van der Waals surface area contributed by atoms with Gasteiger partial charge in [-0.15, -0.1) is 0 Å². The molecule has 37 heavy (non-hydrogen) atoms. The van der Waals surface area contributed by atoms with Gasteiger partial charge in [-0.1, -0.05) is 54.6 Å². The molecule has 0 aliphatic carbocycles. The van der Waals surface area contributed by atoms with E-state index in [2.05, 4.69) is 29.4 Å². The van der Waals surface area contributed by atoms with Gasteiger partial charge in [0.05, 0.1) is 30.7 Å². The summed E-state index contributed by atoms with van der Waals surface area (Å²) in [4.78, 5) is 19.6. The minimum absolute atomic E-state index is 0.0683. The number of ether oxygens (including phenoxy) is 1. The second-order valence-corrected chi connectivity index (χ2v) is 10.2. The van der Waals surface area contributed by atoms with Gasteiger partial charge in [-0.05, 0) is 73.7 Å². The van der Waals surface area contributed by atoms with Gasteiger partial charge in [0, 0.05) is 18.4 Å². The quantitative estimate of drug-likeness (QED) is 0.265. The number of methoxy groups -OCH3 is 1. The number of nitrogens with one attached hydrogen (secondary N) is 1. The summed E-state index contributed by atoms with van der Waals surface area (Å²) >= 11 is 0. The van der Waals surface area contributed by atoms with Crippen LogP contribution >= 0.6 is 0 Å². The summed E-state index contributed by atoms with van der Waals surface area (Å²) in [7, 11) is 1.65. The first-order valence-corrected chi connectivity index (χ1v) is 13.0. The largest absolute Gasteiger partial charge is 0.497 e. The van der Waals surface area contributed by atoms with E-state index in [-0.39, 0.29) is 23.4 Å². The van der Waals surface area contributed by atoms with Crippen LogP contribution in [0.1, 0.15) is 55.0 Å². The average Bonchev–Trinajstić information content (AvgIpc) is 3.68. The summed E-state index contributed by atoms with van der Waals surface area (Å²) in [5.41, 5.74) is 4.10. The van der Waals surface area contributed by atoms with Gasteiger partial charge in [-0.3, -0.25) is 9.79 Å². The van der Waals surface area contributed by atoms with Crippen LogP contribution in [0.4, 0.5) is 5.69 Å². The average molecular weight is 498 g/mol. The zero-order valence-electron chi connectivity index (χ0n) is 21.5. The molecule has 2 heterocycles. The molecule has 6 heteroatoms. The molecule has 3 aromatic rings. The van der Waals surface area contributed by atoms with Crippen LogP contribution in [0.25, 0.3) is 0 Å². The Kier molecular flexibility index (Phi) is 7.40. The molecule has 3 aromatic carbocycles. The van der Waals surface area contributed by atoms with Crippen molar-refractivity contribution >= 4 is 17.8 Å². The Bertz CT molecular complexity index is 1220. The monoisotopic (exact) mass is 497 g/mol. The molecule has 4 unspecified atom stereocenters. The van der Waals surface area contributed by atoms with E-state index < -0.39 is 6.10 Å². The van der Waals surface area contributed by atoms with E-state index >= 15 is 0 Å². The number of nitrogens with zero attached hydrogens (tertiary/aromatic N) is 2. The van der Waals surface area contributed by atoms with Crippen LogP contribution in [0.15, 0.2) is 83.9 Å². The molecule has 2 N–H and O–H groups in total. The number of hydrogen-bond donors (Lipinski definition) is 2. The van der Waals surface area contributed by atoms with E-state index in [1.807, 2.05) is 77.8 Å². The molecule has 5 rings (SSSR count). The van der Waals surface area contributed by atoms with Gasteiger partial charge < -0.3 is 20.1 Å². The molecule has 0 aromatic heterocycles. The van der Waals surface area contributed by atoms with Crippen LogP contribution in [0, 0.1) is 5.92 Å². The second-order valence-electron chi connectivity index (χ2n) is 10.2. The molecule has 0 spiro atoms. The van der Waals surface area contributed by atoms with Gasteiger partial charge in [0.1, 0.15) is 5.75 Å². The van der Waals surface area contributed by atoms with Crippen molar-refractivity contribution < 1.29 is 14.6 Å². The van der Waals surface area contributed by atoms with Gasteiger partial charge in [0.25, 0.3) is 0 Å². The predicted octanol–water partition coefficient (Wildman–Crippen LogP) is 5.24. The maximum Gasteiger partial charge on any atom is 0.233 e. The molecule has 4 atom stereocenters. The number of aliphatic hydroxyl groups excluding tert-OH is 1. The van der Waals surface area contributed by atoms with Gasteiger partial charge >= 0.3 is 0 Å². The van der Waals surface area contributed by atoms with Crippen LogP contribution < -0.4 is 15.0 Å². The number of aliphatic hydroxyl groups is 1. The predicted molar refractivity (Wildman–Crippen MR) is 147 cm³/mol. The van der Waals surface area contributed by atoms with Crippen LogP contribution in [-0.4, -0.2) is 36.4 Å². The lowest BCUT2D eigenvalue weighted by molar-refractivity contribution is -0.131. The molecule has 6 nitrogen and oxygen atoms in total. The highest BCUT2D eigenvalue weighted by Gasteiger charge is 2.48. The van der Waals surface area contributed by atoms with E-state index in [0.29, 0.717) is 12.8 Å². The highest BCUT2D eigenvalue weighted by atomic mass is 16.5. The number of carbonyl (C=O) groups is 1. The van der Waals surface area contributed by atoms with Gasteiger partial charge in [0.2, 0.25) is 5.91 Å². The Morgan fingerprint density at radius 1 is 1.05 bits per heavy atom. The highest BCUT2D eigenvalue weighted by Crippen LogP contribution is 2.46. The van der Waals surface area contributed by atoms with E-state index in [1.165, 1.54) is 5.56 Å². The summed E-state index contributed by atoms with van der Waals surface area (Å²) in [6.45, 7) is 3.84. The Labute approximate surface area is 219 Å². The molecule has 2 aliphatic heterocycles. The lowest BCUT2D eigenvalue weighted by Gasteiger charge is -2.48. The van der Waals surface area contributed by atoms with Crippen LogP contribution in [0.5, 0.6) is 5.75 Å². The maximum absolute atomic E-state index is 13.4. The fraction of sp³-hybridized carbons (Fsp3) is 0.355. The van der Waals surface area contributed by atoms with Crippen molar-refractivity contribution in [2.45, 2.75) is 50.4 Å². The fourth-order valence-corrected chi connectivity index (χ4v) is 5.07. The van der Waals surface area contributed by atoms with E-state index in [4.69, 9.17) is 4.74 Å². The molecule has 1 amide bonds. The van der Waals surface area contributed by atoms with E-state index in [1.54, 1.807) is 7.11 Å². The Balaban J connectivity index is 1.27. The minimum atomic E-state index is -0.583. The lowest BCUT2D eigenvalue weighted by Crippen LogP contribution is -2.55. The van der Waals surface area contributed by atoms with Crippen molar-refractivity contribution in [3.63, 3.8) is 0 Å². The van der Waals surface area contributed by atoms with Gasteiger partial charge in [-0.2, -0.15) is 0 Å². The normalized spacial score (nSPS) is 23.0. The number of hydrogen-bond acceptors (Lipinski definition) is 5. The van der Waals surface area contributed by atoms with Gasteiger partial charge in [0.15, 0.2) is 0 Å². The molecule has 0 radical (unpaired) electrons. The zero-order chi connectivity index (χ0) is 25.8. The molecule has 0 saturated carbocycles. The third-order valence-electron chi connectivity index (χ3n) is 7.53. The maximum atomic E-state index is 13.4. The second kappa shape index (κ2) is 10.9. The number of benzene rings is 3. The zero-order valence-corrected chi connectivity index (χ0v) is 21.5. The third-order valence-corrected chi connectivity index (χ3v) is 7.53. The molecule has 1 saturated heterocycles. The summed E-state index contributed by atoms with van der Waals surface area (Å²) in [6.07, 6.45) is 3.59. The number of aliphatic imine (C=N–C) groups is 1.